The summed E-state index contributed by atoms with van der Waals surface area (Å²) in [5.74, 6) is 0. The van der Waals surface area contributed by atoms with Crippen molar-refractivity contribution < 1.29 is 19.1 Å². The van der Waals surface area contributed by atoms with Gasteiger partial charge in [-0.3, -0.25) is 0 Å². The molecule has 6 heteroatoms. The van der Waals surface area contributed by atoms with Gasteiger partial charge in [-0.05, 0) is 42.5 Å². The van der Waals surface area contributed by atoms with Crippen molar-refractivity contribution >= 4 is 24.4 Å². The Hall–Kier alpha value is -3.15. The highest BCUT2D eigenvalue weighted by molar-refractivity contribution is 5.68. The lowest BCUT2D eigenvalue weighted by molar-refractivity contribution is -0.108. The molecular formula is C27H34N2O4. The Morgan fingerprint density at radius 3 is 2.39 bits per heavy atom. The zero-order valence-corrected chi connectivity index (χ0v) is 19.2. The second-order valence-corrected chi connectivity index (χ2v) is 8.51. The highest BCUT2D eigenvalue weighted by Gasteiger charge is 2.21. The van der Waals surface area contributed by atoms with Crippen LogP contribution in [0, 0.1) is 0 Å². The van der Waals surface area contributed by atoms with Crippen LogP contribution >= 0.6 is 0 Å². The average molecular weight is 451 g/mol. The summed E-state index contributed by atoms with van der Waals surface area (Å²) < 4.78 is 5.47. The van der Waals surface area contributed by atoms with Crippen molar-refractivity contribution in [2.24, 2.45) is 0 Å². The fourth-order valence-corrected chi connectivity index (χ4v) is 4.41. The molecule has 0 radical (unpaired) electrons. The summed E-state index contributed by atoms with van der Waals surface area (Å²) in [6.45, 7) is 1.39. The molecule has 176 valence electrons. The van der Waals surface area contributed by atoms with Gasteiger partial charge in [-0.1, -0.05) is 61.7 Å². The van der Waals surface area contributed by atoms with Gasteiger partial charge in [0.15, 0.2) is 0 Å². The lowest BCUT2D eigenvalue weighted by Gasteiger charge is -2.35. The number of aldehydes is 2. The molecule has 0 aliphatic heterocycles. The van der Waals surface area contributed by atoms with E-state index in [9.17, 15) is 14.4 Å². The van der Waals surface area contributed by atoms with Crippen LogP contribution in [0.15, 0.2) is 54.6 Å². The molecule has 0 heterocycles. The van der Waals surface area contributed by atoms with Gasteiger partial charge in [-0.25, -0.2) is 4.79 Å². The van der Waals surface area contributed by atoms with Crippen molar-refractivity contribution in [3.63, 3.8) is 0 Å². The summed E-state index contributed by atoms with van der Waals surface area (Å²) in [6.07, 6.45) is 8.21. The van der Waals surface area contributed by atoms with Gasteiger partial charge in [0.1, 0.15) is 19.2 Å². The van der Waals surface area contributed by atoms with E-state index < -0.39 is 6.09 Å². The summed E-state index contributed by atoms with van der Waals surface area (Å²) >= 11 is 0. The summed E-state index contributed by atoms with van der Waals surface area (Å²) in [5.41, 5.74) is 3.07. The van der Waals surface area contributed by atoms with E-state index in [1.54, 1.807) is 4.90 Å². The van der Waals surface area contributed by atoms with Crippen molar-refractivity contribution in [3.05, 3.63) is 65.7 Å². The molecule has 0 bridgehead atoms. The van der Waals surface area contributed by atoms with Gasteiger partial charge in [0.2, 0.25) is 0 Å². The van der Waals surface area contributed by atoms with Crippen LogP contribution in [0.4, 0.5) is 10.5 Å². The number of hydrogen-bond donors (Lipinski definition) is 0. The van der Waals surface area contributed by atoms with E-state index in [0.29, 0.717) is 32.1 Å². The number of rotatable bonds is 12. The Bertz CT molecular complexity index is 881. The minimum atomic E-state index is -0.415. The standard InChI is InChI=1S/C27H34N2O4/c30-19-8-16-28(27(32)33-22-24-9-3-1-4-10-24)17-15-23-11-7-14-26(21-23)29(18-20-31)25-12-5-2-6-13-25/h1,3-4,7,9-11,14,19-21,25H,2,5-6,8,12-13,15-18,22H2. The molecule has 3 rings (SSSR count). The first-order chi connectivity index (χ1) is 16.2. The maximum atomic E-state index is 12.7. The first-order valence-corrected chi connectivity index (χ1v) is 11.9. The minimum Gasteiger partial charge on any atom is -0.445 e. The van der Waals surface area contributed by atoms with Crippen LogP contribution in [0.3, 0.4) is 0 Å². The van der Waals surface area contributed by atoms with Gasteiger partial charge in [0, 0.05) is 31.2 Å². The van der Waals surface area contributed by atoms with Crippen molar-refractivity contribution in [2.45, 2.75) is 57.6 Å². The maximum Gasteiger partial charge on any atom is 0.410 e. The molecule has 33 heavy (non-hydrogen) atoms. The summed E-state index contributed by atoms with van der Waals surface area (Å²) in [5, 5.41) is 0. The second-order valence-electron chi connectivity index (χ2n) is 8.51. The Balaban J connectivity index is 1.62. The molecule has 0 saturated heterocycles. The second kappa shape index (κ2) is 13.4. The van der Waals surface area contributed by atoms with E-state index in [1.165, 1.54) is 19.3 Å². The summed E-state index contributed by atoms with van der Waals surface area (Å²) in [6, 6.07) is 18.2. The zero-order chi connectivity index (χ0) is 23.3. The molecule has 1 amide bonds. The van der Waals surface area contributed by atoms with E-state index in [0.717, 1.165) is 42.2 Å². The maximum absolute atomic E-state index is 12.7. The van der Waals surface area contributed by atoms with Crippen molar-refractivity contribution in [1.29, 1.82) is 0 Å². The molecule has 0 atom stereocenters. The first-order valence-electron chi connectivity index (χ1n) is 11.9. The molecule has 2 aromatic carbocycles. The molecule has 0 N–H and O–H groups in total. The molecule has 1 saturated carbocycles. The van der Waals surface area contributed by atoms with E-state index in [2.05, 4.69) is 17.0 Å². The van der Waals surface area contributed by atoms with Gasteiger partial charge >= 0.3 is 6.09 Å². The van der Waals surface area contributed by atoms with Crippen molar-refractivity contribution in [2.75, 3.05) is 24.5 Å². The molecular weight excluding hydrogens is 416 g/mol. The number of carbonyl (C=O) groups is 3. The Morgan fingerprint density at radius 1 is 0.909 bits per heavy atom. The van der Waals surface area contributed by atoms with E-state index in [4.69, 9.17) is 4.74 Å². The molecule has 0 aromatic heterocycles. The van der Waals surface area contributed by atoms with Crippen LogP contribution in [-0.2, 0) is 27.4 Å². The first kappa shape index (κ1) is 24.5. The molecule has 6 nitrogen and oxygen atoms in total. The van der Waals surface area contributed by atoms with Crippen LogP contribution in [0.25, 0.3) is 0 Å². The van der Waals surface area contributed by atoms with Gasteiger partial charge in [-0.15, -0.1) is 0 Å². The molecule has 1 aliphatic carbocycles. The third-order valence-corrected chi connectivity index (χ3v) is 6.18. The van der Waals surface area contributed by atoms with E-state index >= 15 is 0 Å². The Morgan fingerprint density at radius 2 is 1.67 bits per heavy atom. The van der Waals surface area contributed by atoms with Gasteiger partial charge in [0.25, 0.3) is 0 Å². The van der Waals surface area contributed by atoms with Crippen LogP contribution in [-0.4, -0.2) is 49.2 Å². The number of anilines is 1. The topological polar surface area (TPSA) is 66.9 Å². The van der Waals surface area contributed by atoms with Crippen LogP contribution in [0.5, 0.6) is 0 Å². The SMILES string of the molecule is O=CCCN(CCc1cccc(N(CC=O)C2CCCCC2)c1)C(=O)OCc1ccccc1. The lowest BCUT2D eigenvalue weighted by atomic mass is 9.93. The quantitative estimate of drug-likeness (QED) is 0.435. The van der Waals surface area contributed by atoms with Gasteiger partial charge in [0.05, 0.1) is 6.54 Å². The summed E-state index contributed by atoms with van der Waals surface area (Å²) in [7, 11) is 0. The average Bonchev–Trinajstić information content (AvgIpc) is 2.87. The third-order valence-electron chi connectivity index (χ3n) is 6.18. The number of carbonyl (C=O) groups excluding carboxylic acids is 3. The zero-order valence-electron chi connectivity index (χ0n) is 19.2. The van der Waals surface area contributed by atoms with E-state index in [-0.39, 0.29) is 13.0 Å². The molecule has 1 fully saturated rings. The molecule has 1 aliphatic rings. The molecule has 0 spiro atoms. The van der Waals surface area contributed by atoms with Crippen molar-refractivity contribution in [3.8, 4) is 0 Å². The monoisotopic (exact) mass is 450 g/mol. The van der Waals surface area contributed by atoms with Gasteiger partial charge < -0.3 is 24.1 Å². The number of hydrogen-bond acceptors (Lipinski definition) is 5. The van der Waals surface area contributed by atoms with Gasteiger partial charge in [-0.2, -0.15) is 0 Å². The summed E-state index contributed by atoms with van der Waals surface area (Å²) in [4.78, 5) is 38.7. The fraction of sp³-hybridized carbons (Fsp3) is 0.444. The Labute approximate surface area is 196 Å². The molecule has 2 aromatic rings. The lowest BCUT2D eigenvalue weighted by Crippen LogP contribution is -2.38. The number of amides is 1. The number of nitrogens with zero attached hydrogens (tertiary/aromatic N) is 2. The smallest absolute Gasteiger partial charge is 0.410 e. The fourth-order valence-electron chi connectivity index (χ4n) is 4.41. The normalized spacial score (nSPS) is 13.8. The minimum absolute atomic E-state index is 0.203. The number of benzene rings is 2. The van der Waals surface area contributed by atoms with Crippen LogP contribution in [0.2, 0.25) is 0 Å². The highest BCUT2D eigenvalue weighted by Crippen LogP contribution is 2.27. The molecule has 0 unspecified atom stereocenters. The van der Waals surface area contributed by atoms with E-state index in [1.807, 2.05) is 42.5 Å². The largest absolute Gasteiger partial charge is 0.445 e. The van der Waals surface area contributed by atoms with Crippen LogP contribution < -0.4 is 4.90 Å². The third kappa shape index (κ3) is 7.74. The predicted octanol–water partition coefficient (Wildman–Crippen LogP) is 4.79. The highest BCUT2D eigenvalue weighted by atomic mass is 16.6. The Kier molecular flexibility index (Phi) is 9.95. The predicted molar refractivity (Wildman–Crippen MR) is 129 cm³/mol. The van der Waals surface area contributed by atoms with Crippen LogP contribution in [0.1, 0.15) is 49.7 Å². The van der Waals surface area contributed by atoms with Crippen molar-refractivity contribution in [1.82, 2.24) is 4.90 Å². The number of ether oxygens (including phenoxy) is 1.